The van der Waals surface area contributed by atoms with Crippen molar-refractivity contribution in [1.29, 1.82) is 0 Å². The smallest absolute Gasteiger partial charge is 0.123 e. The zero-order chi connectivity index (χ0) is 16.9. The van der Waals surface area contributed by atoms with Gasteiger partial charge in [0, 0.05) is 29.3 Å². The molecule has 3 N–H and O–H groups in total. The third-order valence-electron chi connectivity index (χ3n) is 3.94. The highest BCUT2D eigenvalue weighted by molar-refractivity contribution is 5.59. The number of para-hydroxylation sites is 1. The van der Waals surface area contributed by atoms with E-state index < -0.39 is 0 Å². The van der Waals surface area contributed by atoms with Gasteiger partial charge in [0.25, 0.3) is 0 Å². The minimum absolute atomic E-state index is 0.0468. The fraction of sp³-hybridized carbons (Fsp3) is 0.211. The molecule has 5 heteroatoms. The van der Waals surface area contributed by atoms with Gasteiger partial charge < -0.3 is 10.5 Å². The molecule has 0 bridgehead atoms. The summed E-state index contributed by atoms with van der Waals surface area (Å²) in [6, 6.07) is 16.1. The molecule has 0 aliphatic carbocycles. The molecule has 0 aliphatic heterocycles. The Morgan fingerprint density at radius 3 is 2.62 bits per heavy atom. The number of benzene rings is 2. The largest absolute Gasteiger partial charge is 0.494 e. The first-order valence-electron chi connectivity index (χ1n) is 7.96. The Bertz CT molecular complexity index is 798. The molecule has 3 aromatic rings. The molecule has 0 saturated carbocycles. The number of hydrogen-bond donors (Lipinski definition) is 2. The lowest BCUT2D eigenvalue weighted by Gasteiger charge is -2.17. The van der Waals surface area contributed by atoms with Crippen LogP contribution in [0.5, 0.6) is 5.75 Å². The van der Waals surface area contributed by atoms with Crippen molar-refractivity contribution in [2.75, 3.05) is 13.2 Å². The zero-order valence-electron chi connectivity index (χ0n) is 13.5. The number of H-pyrrole nitrogens is 1. The van der Waals surface area contributed by atoms with Gasteiger partial charge in [0.05, 0.1) is 12.3 Å². The number of aromatic nitrogens is 2. The van der Waals surface area contributed by atoms with Crippen molar-refractivity contribution >= 4 is 0 Å². The molecule has 24 heavy (non-hydrogen) atoms. The summed E-state index contributed by atoms with van der Waals surface area (Å²) in [4.78, 5) is 0. The first kappa shape index (κ1) is 16.2. The Labute approximate surface area is 140 Å². The van der Waals surface area contributed by atoms with Crippen LogP contribution in [0.4, 0.5) is 4.39 Å². The molecule has 1 unspecified atom stereocenters. The summed E-state index contributed by atoms with van der Waals surface area (Å²) in [5.41, 5.74) is 9.56. The van der Waals surface area contributed by atoms with Gasteiger partial charge >= 0.3 is 0 Å². The van der Waals surface area contributed by atoms with Crippen LogP contribution in [-0.2, 0) is 0 Å². The summed E-state index contributed by atoms with van der Waals surface area (Å²) in [5, 5.41) is 7.40. The zero-order valence-corrected chi connectivity index (χ0v) is 13.5. The van der Waals surface area contributed by atoms with Gasteiger partial charge in [-0.1, -0.05) is 18.2 Å². The molecule has 4 nitrogen and oxygen atoms in total. The van der Waals surface area contributed by atoms with Crippen LogP contribution in [0.1, 0.15) is 24.1 Å². The maximum atomic E-state index is 13.1. The monoisotopic (exact) mass is 325 g/mol. The molecule has 124 valence electrons. The first-order chi connectivity index (χ1) is 11.7. The molecule has 1 heterocycles. The molecule has 0 aliphatic rings. The van der Waals surface area contributed by atoms with Crippen molar-refractivity contribution in [3.63, 3.8) is 0 Å². The van der Waals surface area contributed by atoms with Crippen LogP contribution in [0.2, 0.25) is 0 Å². The minimum atomic E-state index is -0.264. The summed E-state index contributed by atoms with van der Waals surface area (Å²) < 4.78 is 18.8. The topological polar surface area (TPSA) is 63.9 Å². The Kier molecular flexibility index (Phi) is 4.91. The Morgan fingerprint density at radius 2 is 1.92 bits per heavy atom. The molecule has 0 radical (unpaired) electrons. The van der Waals surface area contributed by atoms with Gasteiger partial charge in [0.2, 0.25) is 0 Å². The number of halogens is 1. The number of hydrogen-bond acceptors (Lipinski definition) is 3. The van der Waals surface area contributed by atoms with E-state index in [9.17, 15) is 4.39 Å². The molecule has 1 atom stereocenters. The van der Waals surface area contributed by atoms with Gasteiger partial charge in [-0.25, -0.2) is 4.39 Å². The standard InChI is InChI=1S/C19H20FN3O/c1-2-24-19-6-4-3-5-15(19)16(12-21)18-11-17(22-23-18)13-7-9-14(20)10-8-13/h3-11,16H,2,12,21H2,1H3,(H,22,23). The Hall–Kier alpha value is -2.66. The summed E-state index contributed by atoms with van der Waals surface area (Å²) in [5.74, 6) is 0.516. The van der Waals surface area contributed by atoms with Crippen LogP contribution >= 0.6 is 0 Å². The molecule has 0 spiro atoms. The van der Waals surface area contributed by atoms with Crippen molar-refractivity contribution in [2.45, 2.75) is 12.8 Å². The Balaban J connectivity index is 1.94. The minimum Gasteiger partial charge on any atom is -0.494 e. The van der Waals surface area contributed by atoms with Gasteiger partial charge in [-0.2, -0.15) is 5.10 Å². The van der Waals surface area contributed by atoms with Gasteiger partial charge in [0.1, 0.15) is 11.6 Å². The highest BCUT2D eigenvalue weighted by atomic mass is 19.1. The summed E-state index contributed by atoms with van der Waals surface area (Å²) in [7, 11) is 0. The van der Waals surface area contributed by atoms with Crippen molar-refractivity contribution in [3.8, 4) is 17.0 Å². The predicted octanol–water partition coefficient (Wildman–Crippen LogP) is 3.71. The molecule has 0 amide bonds. The number of nitrogens with two attached hydrogens (primary N) is 1. The number of aromatic amines is 1. The molecular weight excluding hydrogens is 305 g/mol. The quantitative estimate of drug-likeness (QED) is 0.726. The number of nitrogens with one attached hydrogen (secondary N) is 1. The summed E-state index contributed by atoms with van der Waals surface area (Å²) in [6.07, 6.45) is 0. The maximum Gasteiger partial charge on any atom is 0.123 e. The lowest BCUT2D eigenvalue weighted by Crippen LogP contribution is -2.15. The van der Waals surface area contributed by atoms with E-state index >= 15 is 0 Å². The number of ether oxygens (including phenoxy) is 1. The first-order valence-corrected chi connectivity index (χ1v) is 7.96. The van der Waals surface area contributed by atoms with Crippen LogP contribution < -0.4 is 10.5 Å². The maximum absolute atomic E-state index is 13.1. The van der Waals surface area contributed by atoms with Crippen molar-refractivity contribution < 1.29 is 9.13 Å². The van der Waals surface area contributed by atoms with Crippen molar-refractivity contribution in [2.24, 2.45) is 5.73 Å². The van der Waals surface area contributed by atoms with E-state index in [1.54, 1.807) is 12.1 Å². The average molecular weight is 325 g/mol. The van der Waals surface area contributed by atoms with E-state index in [-0.39, 0.29) is 11.7 Å². The van der Waals surface area contributed by atoms with Crippen LogP contribution in [0.25, 0.3) is 11.3 Å². The molecule has 0 fully saturated rings. The highest BCUT2D eigenvalue weighted by Gasteiger charge is 2.19. The van der Waals surface area contributed by atoms with Crippen LogP contribution in [0.3, 0.4) is 0 Å². The molecule has 2 aromatic carbocycles. The normalized spacial score (nSPS) is 12.1. The number of nitrogens with zero attached hydrogens (tertiary/aromatic N) is 1. The Morgan fingerprint density at radius 1 is 1.17 bits per heavy atom. The van der Waals surface area contributed by atoms with Gasteiger partial charge in [-0.3, -0.25) is 5.10 Å². The van der Waals surface area contributed by atoms with Crippen molar-refractivity contribution in [3.05, 3.63) is 71.7 Å². The molecular formula is C19H20FN3O. The van der Waals surface area contributed by atoms with E-state index in [0.29, 0.717) is 13.2 Å². The fourth-order valence-electron chi connectivity index (χ4n) is 2.76. The van der Waals surface area contributed by atoms with E-state index in [2.05, 4.69) is 10.2 Å². The van der Waals surface area contributed by atoms with Crippen LogP contribution in [-0.4, -0.2) is 23.3 Å². The van der Waals surface area contributed by atoms with E-state index in [1.807, 2.05) is 37.3 Å². The van der Waals surface area contributed by atoms with Gasteiger partial charge in [-0.15, -0.1) is 0 Å². The van der Waals surface area contributed by atoms with Gasteiger partial charge in [-0.05, 0) is 43.3 Å². The molecule has 3 rings (SSSR count). The summed E-state index contributed by atoms with van der Waals surface area (Å²) in [6.45, 7) is 2.98. The number of rotatable bonds is 6. The lowest BCUT2D eigenvalue weighted by molar-refractivity contribution is 0.335. The van der Waals surface area contributed by atoms with E-state index in [4.69, 9.17) is 10.5 Å². The third-order valence-corrected chi connectivity index (χ3v) is 3.94. The average Bonchev–Trinajstić information content (AvgIpc) is 3.08. The van der Waals surface area contributed by atoms with E-state index in [1.165, 1.54) is 12.1 Å². The van der Waals surface area contributed by atoms with Crippen molar-refractivity contribution in [1.82, 2.24) is 10.2 Å². The second-order valence-corrected chi connectivity index (χ2v) is 5.47. The second-order valence-electron chi connectivity index (χ2n) is 5.47. The summed E-state index contributed by atoms with van der Waals surface area (Å²) >= 11 is 0. The highest BCUT2D eigenvalue weighted by Crippen LogP contribution is 2.32. The fourth-order valence-corrected chi connectivity index (χ4v) is 2.76. The molecule has 1 aromatic heterocycles. The van der Waals surface area contributed by atoms with Crippen LogP contribution in [0.15, 0.2) is 54.6 Å². The SMILES string of the molecule is CCOc1ccccc1C(CN)c1cc(-c2ccc(F)cc2)n[nH]1. The third kappa shape index (κ3) is 3.31. The molecule has 0 saturated heterocycles. The lowest BCUT2D eigenvalue weighted by atomic mass is 9.94. The van der Waals surface area contributed by atoms with Gasteiger partial charge in [0.15, 0.2) is 0 Å². The van der Waals surface area contributed by atoms with Crippen LogP contribution in [0, 0.1) is 5.82 Å². The van der Waals surface area contributed by atoms with E-state index in [0.717, 1.165) is 28.3 Å². The second kappa shape index (κ2) is 7.27. The predicted molar refractivity (Wildman–Crippen MR) is 92.5 cm³/mol.